The first-order valence-electron chi connectivity index (χ1n) is 2.61. The van der Waals surface area contributed by atoms with Gasteiger partial charge in [-0.1, -0.05) is 0 Å². The minimum atomic E-state index is -0.759. The van der Waals surface area contributed by atoms with Crippen molar-refractivity contribution in [1.29, 1.82) is 0 Å². The summed E-state index contributed by atoms with van der Waals surface area (Å²) in [6, 6.07) is 0. The quantitative estimate of drug-likeness (QED) is 0.321. The molecule has 0 rings (SSSR count). The zero-order valence-corrected chi connectivity index (χ0v) is 6.11. The normalized spacial score (nSPS) is 12.1. The summed E-state index contributed by atoms with van der Waals surface area (Å²) < 4.78 is 10.4. The van der Waals surface area contributed by atoms with Crippen LogP contribution in [0.4, 0.5) is 0 Å². The smallest absolute Gasteiger partial charge is 0.234 e. The van der Waals surface area contributed by atoms with Crippen molar-refractivity contribution in [2.75, 3.05) is 18.6 Å². The highest BCUT2D eigenvalue weighted by Gasteiger charge is 1.88. The summed E-state index contributed by atoms with van der Waals surface area (Å²) in [6.07, 6.45) is 3.75. The minimum Gasteiger partial charge on any atom is -0.260 e. The van der Waals surface area contributed by atoms with Crippen LogP contribution in [0, 0.1) is 0 Å². The van der Waals surface area contributed by atoms with E-state index in [1.807, 2.05) is 0 Å². The molecular weight excluding hydrogens is 138 g/mol. The molecule has 1 atom stereocenters. The van der Waals surface area contributed by atoms with Crippen molar-refractivity contribution in [3.63, 3.8) is 0 Å². The highest BCUT2D eigenvalue weighted by atomic mass is 32.2. The maximum absolute atomic E-state index is 10.4. The Labute approximate surface area is 56.6 Å². The topological polar surface area (TPSA) is 46.5 Å². The lowest BCUT2D eigenvalue weighted by atomic mass is 10.5. The molecule has 52 valence electrons. The molecule has 0 aromatic rings. The lowest BCUT2D eigenvalue weighted by Gasteiger charge is -1.88. The number of rotatable bonds is 4. The molecule has 0 aromatic heterocycles. The standard InChI is InChI=1S/C5H9NO2S/c1-9(8)4-2-3-6-5-7/h2-4H2,1H3. The van der Waals surface area contributed by atoms with E-state index in [-0.39, 0.29) is 0 Å². The van der Waals surface area contributed by atoms with Crippen molar-refractivity contribution >= 4 is 16.9 Å². The van der Waals surface area contributed by atoms with E-state index in [0.29, 0.717) is 18.7 Å². The van der Waals surface area contributed by atoms with E-state index in [0.717, 1.165) is 0 Å². The third kappa shape index (κ3) is 7.53. The van der Waals surface area contributed by atoms with Gasteiger partial charge in [-0.05, 0) is 6.42 Å². The van der Waals surface area contributed by atoms with E-state index in [1.165, 1.54) is 6.08 Å². The van der Waals surface area contributed by atoms with Gasteiger partial charge in [0.15, 0.2) is 0 Å². The van der Waals surface area contributed by atoms with Gasteiger partial charge in [0.05, 0.1) is 6.54 Å². The molecule has 0 fully saturated rings. The SMILES string of the molecule is CS(=O)CCCN=C=O. The van der Waals surface area contributed by atoms with Crippen LogP contribution in [0.5, 0.6) is 0 Å². The van der Waals surface area contributed by atoms with E-state index < -0.39 is 10.8 Å². The van der Waals surface area contributed by atoms with Gasteiger partial charge < -0.3 is 0 Å². The van der Waals surface area contributed by atoms with Crippen LogP contribution in [0.15, 0.2) is 4.99 Å². The second-order valence-electron chi connectivity index (χ2n) is 1.60. The lowest BCUT2D eigenvalue weighted by molar-refractivity contribution is 0.562. The van der Waals surface area contributed by atoms with E-state index in [2.05, 4.69) is 4.99 Å². The Morgan fingerprint density at radius 2 is 2.33 bits per heavy atom. The monoisotopic (exact) mass is 147 g/mol. The van der Waals surface area contributed by atoms with Crippen LogP contribution in [0.1, 0.15) is 6.42 Å². The van der Waals surface area contributed by atoms with Crippen molar-refractivity contribution in [2.24, 2.45) is 4.99 Å². The van der Waals surface area contributed by atoms with Gasteiger partial charge in [-0.2, -0.15) is 0 Å². The molecule has 0 aliphatic rings. The first-order chi connectivity index (χ1) is 4.27. The molecule has 3 nitrogen and oxygen atoms in total. The third-order valence-corrected chi connectivity index (χ3v) is 1.63. The zero-order valence-electron chi connectivity index (χ0n) is 5.29. The molecule has 0 aliphatic carbocycles. The molecule has 0 saturated carbocycles. The Morgan fingerprint density at radius 3 is 2.78 bits per heavy atom. The zero-order chi connectivity index (χ0) is 7.11. The van der Waals surface area contributed by atoms with Gasteiger partial charge in [0.25, 0.3) is 0 Å². The summed E-state index contributed by atoms with van der Waals surface area (Å²) in [6.45, 7) is 0.448. The van der Waals surface area contributed by atoms with Crippen LogP contribution in [0.2, 0.25) is 0 Å². The highest BCUT2D eigenvalue weighted by Crippen LogP contribution is 1.82. The molecule has 0 radical (unpaired) electrons. The van der Waals surface area contributed by atoms with E-state index in [9.17, 15) is 9.00 Å². The first-order valence-corrected chi connectivity index (χ1v) is 4.33. The van der Waals surface area contributed by atoms with Crippen molar-refractivity contribution in [2.45, 2.75) is 6.42 Å². The largest absolute Gasteiger partial charge is 0.260 e. The van der Waals surface area contributed by atoms with Crippen LogP contribution >= 0.6 is 0 Å². The lowest BCUT2D eigenvalue weighted by Crippen LogP contribution is -1.95. The Kier molecular flexibility index (Phi) is 5.37. The van der Waals surface area contributed by atoms with Gasteiger partial charge in [-0.25, -0.2) is 9.79 Å². The average Bonchev–Trinajstić information content (AvgIpc) is 1.80. The molecule has 0 heterocycles. The molecule has 0 aromatic carbocycles. The van der Waals surface area contributed by atoms with Gasteiger partial charge in [0, 0.05) is 22.8 Å². The molecular formula is C5H9NO2S. The number of hydrogen-bond acceptors (Lipinski definition) is 3. The van der Waals surface area contributed by atoms with Gasteiger partial charge in [0.1, 0.15) is 0 Å². The summed E-state index contributed by atoms with van der Waals surface area (Å²) in [7, 11) is -0.759. The molecule has 0 N–H and O–H groups in total. The number of aliphatic imine (C=N–C) groups is 1. The maximum atomic E-state index is 10.4. The van der Waals surface area contributed by atoms with Crippen LogP contribution in [-0.4, -0.2) is 28.8 Å². The van der Waals surface area contributed by atoms with Crippen LogP contribution in [-0.2, 0) is 15.6 Å². The van der Waals surface area contributed by atoms with Crippen LogP contribution in [0.3, 0.4) is 0 Å². The maximum Gasteiger partial charge on any atom is 0.234 e. The van der Waals surface area contributed by atoms with Crippen LogP contribution < -0.4 is 0 Å². The van der Waals surface area contributed by atoms with E-state index in [1.54, 1.807) is 6.26 Å². The Morgan fingerprint density at radius 1 is 1.67 bits per heavy atom. The van der Waals surface area contributed by atoms with Gasteiger partial charge in [-0.3, -0.25) is 4.21 Å². The predicted molar refractivity (Wildman–Crippen MR) is 36.5 cm³/mol. The van der Waals surface area contributed by atoms with Crippen molar-refractivity contribution < 1.29 is 9.00 Å². The Bertz CT molecular complexity index is 138. The summed E-state index contributed by atoms with van der Waals surface area (Å²) in [5.41, 5.74) is 0. The molecule has 0 spiro atoms. The van der Waals surface area contributed by atoms with Gasteiger partial charge in [0.2, 0.25) is 6.08 Å². The van der Waals surface area contributed by atoms with Crippen molar-refractivity contribution in [3.05, 3.63) is 0 Å². The molecule has 0 saturated heterocycles. The fraction of sp³-hybridized carbons (Fsp3) is 0.800. The highest BCUT2D eigenvalue weighted by molar-refractivity contribution is 7.84. The molecule has 9 heavy (non-hydrogen) atoms. The predicted octanol–water partition coefficient (Wildman–Crippen LogP) is 0.0908. The van der Waals surface area contributed by atoms with Gasteiger partial charge in [-0.15, -0.1) is 0 Å². The summed E-state index contributed by atoms with van der Waals surface area (Å²) in [4.78, 5) is 12.8. The second-order valence-corrected chi connectivity index (χ2v) is 3.16. The fourth-order valence-electron chi connectivity index (χ4n) is 0.393. The molecule has 1 unspecified atom stereocenters. The number of nitrogens with zero attached hydrogens (tertiary/aromatic N) is 1. The second kappa shape index (κ2) is 5.66. The van der Waals surface area contributed by atoms with Crippen molar-refractivity contribution in [3.8, 4) is 0 Å². The minimum absolute atomic E-state index is 0.448. The molecule has 0 bridgehead atoms. The van der Waals surface area contributed by atoms with Crippen LogP contribution in [0.25, 0.3) is 0 Å². The first kappa shape index (κ1) is 8.53. The Hall–Kier alpha value is -0.470. The molecule has 0 amide bonds. The van der Waals surface area contributed by atoms with E-state index in [4.69, 9.17) is 0 Å². The molecule has 4 heteroatoms. The average molecular weight is 147 g/mol. The van der Waals surface area contributed by atoms with E-state index >= 15 is 0 Å². The summed E-state index contributed by atoms with van der Waals surface area (Å²) in [5, 5.41) is 0. The summed E-state index contributed by atoms with van der Waals surface area (Å²) >= 11 is 0. The fourth-order valence-corrected chi connectivity index (χ4v) is 0.928. The number of hydrogen-bond donors (Lipinski definition) is 0. The van der Waals surface area contributed by atoms with Gasteiger partial charge >= 0.3 is 0 Å². The Balaban J connectivity index is 3.10. The number of carbonyl (C=O) groups excluding carboxylic acids is 1. The summed E-state index contributed by atoms with van der Waals surface area (Å²) in [5.74, 6) is 0.616. The third-order valence-electron chi connectivity index (χ3n) is 0.766. The molecule has 0 aliphatic heterocycles. The number of isocyanates is 1. The van der Waals surface area contributed by atoms with Crippen molar-refractivity contribution in [1.82, 2.24) is 0 Å².